The summed E-state index contributed by atoms with van der Waals surface area (Å²) in [5.41, 5.74) is 3.01. The van der Waals surface area contributed by atoms with Crippen LogP contribution in [0.2, 0.25) is 0 Å². The largest absolute Gasteiger partial charge is 0.481 e. The van der Waals surface area contributed by atoms with Crippen LogP contribution in [0.1, 0.15) is 17.5 Å². The second-order valence-corrected chi connectivity index (χ2v) is 3.63. The van der Waals surface area contributed by atoms with Crippen LogP contribution in [0.3, 0.4) is 0 Å². The van der Waals surface area contributed by atoms with Gasteiger partial charge < -0.3 is 9.52 Å². The maximum atomic E-state index is 10.5. The van der Waals surface area contributed by atoms with Crippen molar-refractivity contribution in [2.75, 3.05) is 0 Å². The number of furan rings is 1. The summed E-state index contributed by atoms with van der Waals surface area (Å²) in [6.07, 6.45) is 2.39. The van der Waals surface area contributed by atoms with Gasteiger partial charge in [-0.3, -0.25) is 4.79 Å². The molecule has 1 heterocycles. The first kappa shape index (κ1) is 9.77. The van der Waals surface area contributed by atoms with Gasteiger partial charge in [0.15, 0.2) is 0 Å². The molecule has 0 aliphatic rings. The Morgan fingerprint density at radius 3 is 3.00 bits per heavy atom. The van der Waals surface area contributed by atoms with Crippen LogP contribution in [0, 0.1) is 6.92 Å². The molecule has 0 aliphatic carbocycles. The minimum absolute atomic E-state index is 0.171. The van der Waals surface area contributed by atoms with Crippen molar-refractivity contribution in [1.29, 1.82) is 0 Å². The molecule has 78 valence electrons. The van der Waals surface area contributed by atoms with Crippen LogP contribution >= 0.6 is 0 Å². The molecule has 0 atom stereocenters. The van der Waals surface area contributed by atoms with Crippen LogP contribution in [0.25, 0.3) is 11.0 Å². The monoisotopic (exact) mass is 204 g/mol. The fraction of sp³-hybridized carbons (Fsp3) is 0.250. The first-order valence-electron chi connectivity index (χ1n) is 4.85. The van der Waals surface area contributed by atoms with Crippen molar-refractivity contribution in [1.82, 2.24) is 0 Å². The normalized spacial score (nSPS) is 10.7. The van der Waals surface area contributed by atoms with E-state index in [1.807, 2.05) is 25.1 Å². The van der Waals surface area contributed by atoms with Gasteiger partial charge in [0.2, 0.25) is 0 Å². The summed E-state index contributed by atoms with van der Waals surface area (Å²) in [6, 6.07) is 5.84. The van der Waals surface area contributed by atoms with Gasteiger partial charge in [-0.25, -0.2) is 0 Å². The first-order chi connectivity index (χ1) is 7.16. The summed E-state index contributed by atoms with van der Waals surface area (Å²) in [4.78, 5) is 10.5. The van der Waals surface area contributed by atoms with Gasteiger partial charge in [-0.2, -0.15) is 0 Å². The minimum Gasteiger partial charge on any atom is -0.481 e. The molecular formula is C12H12O3. The third kappa shape index (κ3) is 2.01. The number of rotatable bonds is 3. The predicted octanol–water partition coefficient (Wildman–Crippen LogP) is 2.76. The van der Waals surface area contributed by atoms with Crippen molar-refractivity contribution in [2.45, 2.75) is 19.8 Å². The lowest BCUT2D eigenvalue weighted by Crippen LogP contribution is -1.98. The summed E-state index contributed by atoms with van der Waals surface area (Å²) in [7, 11) is 0. The highest BCUT2D eigenvalue weighted by Gasteiger charge is 2.05. The highest BCUT2D eigenvalue weighted by Crippen LogP contribution is 2.21. The lowest BCUT2D eigenvalue weighted by Gasteiger charge is -2.03. The zero-order valence-electron chi connectivity index (χ0n) is 8.49. The van der Waals surface area contributed by atoms with E-state index in [9.17, 15) is 4.79 Å². The van der Waals surface area contributed by atoms with Gasteiger partial charge in [-0.05, 0) is 42.7 Å². The summed E-state index contributed by atoms with van der Waals surface area (Å²) >= 11 is 0. The standard InChI is InChI=1S/C12H12O3/c1-8-6-11-10(4-5-15-11)7-9(8)2-3-12(13)14/h4-7H,2-3H2,1H3,(H,13,14). The van der Waals surface area contributed by atoms with Gasteiger partial charge in [0, 0.05) is 11.8 Å². The number of fused-ring (bicyclic) bond motifs is 1. The highest BCUT2D eigenvalue weighted by molar-refractivity contribution is 5.79. The quantitative estimate of drug-likeness (QED) is 0.836. The molecule has 0 aliphatic heterocycles. The van der Waals surface area contributed by atoms with Gasteiger partial charge in [-0.15, -0.1) is 0 Å². The van der Waals surface area contributed by atoms with E-state index in [1.165, 1.54) is 0 Å². The highest BCUT2D eigenvalue weighted by atomic mass is 16.4. The van der Waals surface area contributed by atoms with E-state index in [2.05, 4.69) is 0 Å². The molecule has 3 heteroatoms. The molecule has 1 N–H and O–H groups in total. The van der Waals surface area contributed by atoms with E-state index in [1.54, 1.807) is 6.26 Å². The Balaban J connectivity index is 2.33. The lowest BCUT2D eigenvalue weighted by molar-refractivity contribution is -0.136. The molecule has 2 rings (SSSR count). The zero-order valence-corrected chi connectivity index (χ0v) is 8.49. The molecule has 3 nitrogen and oxygen atoms in total. The minimum atomic E-state index is -0.762. The Morgan fingerprint density at radius 1 is 1.47 bits per heavy atom. The van der Waals surface area contributed by atoms with Crippen molar-refractivity contribution < 1.29 is 14.3 Å². The lowest BCUT2D eigenvalue weighted by atomic mass is 10.0. The Hall–Kier alpha value is -1.77. The van der Waals surface area contributed by atoms with Crippen LogP contribution in [0.5, 0.6) is 0 Å². The van der Waals surface area contributed by atoms with Gasteiger partial charge in [0.25, 0.3) is 0 Å². The van der Waals surface area contributed by atoms with Crippen LogP contribution in [0.4, 0.5) is 0 Å². The Morgan fingerprint density at radius 2 is 2.27 bits per heavy atom. The molecular weight excluding hydrogens is 192 g/mol. The maximum Gasteiger partial charge on any atom is 0.303 e. The van der Waals surface area contributed by atoms with Crippen LogP contribution < -0.4 is 0 Å². The average Bonchev–Trinajstić information content (AvgIpc) is 2.60. The van der Waals surface area contributed by atoms with Gasteiger partial charge >= 0.3 is 5.97 Å². The van der Waals surface area contributed by atoms with Gasteiger partial charge in [0.1, 0.15) is 5.58 Å². The van der Waals surface area contributed by atoms with Crippen molar-refractivity contribution in [3.05, 3.63) is 35.6 Å². The van der Waals surface area contributed by atoms with Crippen molar-refractivity contribution in [3.8, 4) is 0 Å². The summed E-state index contributed by atoms with van der Waals surface area (Å²) in [6.45, 7) is 1.97. The molecule has 2 aromatic rings. The molecule has 0 spiro atoms. The van der Waals surface area contributed by atoms with Gasteiger partial charge in [0.05, 0.1) is 6.26 Å². The van der Waals surface area contributed by atoms with E-state index in [4.69, 9.17) is 9.52 Å². The summed E-state index contributed by atoms with van der Waals surface area (Å²) in [5, 5.41) is 9.65. The second-order valence-electron chi connectivity index (χ2n) is 3.63. The number of carboxylic acids is 1. The molecule has 0 unspecified atom stereocenters. The van der Waals surface area contributed by atoms with Gasteiger partial charge in [-0.1, -0.05) is 0 Å². The average molecular weight is 204 g/mol. The van der Waals surface area contributed by atoms with Crippen LogP contribution in [0.15, 0.2) is 28.9 Å². The fourth-order valence-electron chi connectivity index (χ4n) is 1.67. The molecule has 0 bridgehead atoms. The maximum absolute atomic E-state index is 10.5. The number of aliphatic carboxylic acids is 1. The zero-order chi connectivity index (χ0) is 10.8. The molecule has 1 aromatic carbocycles. The van der Waals surface area contributed by atoms with E-state index < -0.39 is 5.97 Å². The van der Waals surface area contributed by atoms with Crippen LogP contribution in [-0.4, -0.2) is 11.1 Å². The number of aryl methyl sites for hydroxylation is 2. The SMILES string of the molecule is Cc1cc2occc2cc1CCC(=O)O. The first-order valence-corrected chi connectivity index (χ1v) is 4.85. The number of benzene rings is 1. The van der Waals surface area contributed by atoms with Crippen molar-refractivity contribution in [3.63, 3.8) is 0 Å². The number of hydrogen-bond donors (Lipinski definition) is 1. The molecule has 0 saturated heterocycles. The number of carboxylic acid groups (broad SMARTS) is 1. The van der Waals surface area contributed by atoms with E-state index in [-0.39, 0.29) is 6.42 Å². The Labute approximate surface area is 87.3 Å². The van der Waals surface area contributed by atoms with E-state index >= 15 is 0 Å². The Bertz CT molecular complexity index is 497. The van der Waals surface area contributed by atoms with Crippen molar-refractivity contribution >= 4 is 16.9 Å². The molecule has 0 saturated carbocycles. The Kier molecular flexibility index (Phi) is 2.46. The van der Waals surface area contributed by atoms with E-state index in [0.29, 0.717) is 6.42 Å². The molecule has 0 fully saturated rings. The smallest absolute Gasteiger partial charge is 0.303 e. The second kappa shape index (κ2) is 3.77. The number of carbonyl (C=O) groups is 1. The molecule has 1 aromatic heterocycles. The molecule has 0 amide bonds. The third-order valence-corrected chi connectivity index (χ3v) is 2.52. The fourth-order valence-corrected chi connectivity index (χ4v) is 1.67. The molecule has 0 radical (unpaired) electrons. The van der Waals surface area contributed by atoms with Crippen molar-refractivity contribution in [2.24, 2.45) is 0 Å². The topological polar surface area (TPSA) is 50.4 Å². The van der Waals surface area contributed by atoms with E-state index in [0.717, 1.165) is 22.1 Å². The van der Waals surface area contributed by atoms with Crippen LogP contribution in [-0.2, 0) is 11.2 Å². The third-order valence-electron chi connectivity index (χ3n) is 2.52. The number of hydrogen-bond acceptors (Lipinski definition) is 2. The summed E-state index contributed by atoms with van der Waals surface area (Å²) in [5.74, 6) is -0.762. The predicted molar refractivity (Wildman–Crippen MR) is 56.9 cm³/mol. The molecule has 15 heavy (non-hydrogen) atoms. The summed E-state index contributed by atoms with van der Waals surface area (Å²) < 4.78 is 5.26.